The van der Waals surface area contributed by atoms with Crippen LogP contribution in [0.4, 0.5) is 13.2 Å². The van der Waals surface area contributed by atoms with E-state index in [1.807, 2.05) is 0 Å². The van der Waals surface area contributed by atoms with Crippen LogP contribution < -0.4 is 0 Å². The van der Waals surface area contributed by atoms with Gasteiger partial charge in [0.05, 0.1) is 0 Å². The van der Waals surface area contributed by atoms with E-state index in [0.29, 0.717) is 20.5 Å². The van der Waals surface area contributed by atoms with Gasteiger partial charge in [0.1, 0.15) is 6.04 Å². The van der Waals surface area contributed by atoms with Crippen molar-refractivity contribution < 1.29 is 27.9 Å². The summed E-state index contributed by atoms with van der Waals surface area (Å²) >= 11 is 3.19. The molecule has 0 aliphatic carbocycles. The van der Waals surface area contributed by atoms with Crippen LogP contribution in [0.2, 0.25) is 0 Å². The Hall–Kier alpha value is -1.57. The second-order valence-corrected chi connectivity index (χ2v) is 5.32. The standard InChI is InChI=1S/C12H9BrF3NO3/c13-8-2-1-6-4-9(10(18)19)17(5-7(6)3-8)11(20)12(14,15)16/h1-3,9H,4-5H2,(H,18,19)/t9-/m0/s1. The van der Waals surface area contributed by atoms with Crippen molar-refractivity contribution in [2.24, 2.45) is 0 Å². The summed E-state index contributed by atoms with van der Waals surface area (Å²) in [7, 11) is 0. The van der Waals surface area contributed by atoms with Gasteiger partial charge in [-0.15, -0.1) is 0 Å². The van der Waals surface area contributed by atoms with Crippen molar-refractivity contribution in [3.63, 3.8) is 0 Å². The maximum absolute atomic E-state index is 12.5. The minimum Gasteiger partial charge on any atom is -0.480 e. The smallest absolute Gasteiger partial charge is 0.471 e. The van der Waals surface area contributed by atoms with Gasteiger partial charge < -0.3 is 10.0 Å². The molecule has 1 N–H and O–H groups in total. The van der Waals surface area contributed by atoms with Crippen LogP contribution in [0, 0.1) is 0 Å². The van der Waals surface area contributed by atoms with E-state index in [1.165, 1.54) is 0 Å². The molecule has 1 amide bonds. The molecule has 1 heterocycles. The molecule has 0 unspecified atom stereocenters. The third-order valence-corrected chi connectivity index (χ3v) is 3.58. The molecule has 0 spiro atoms. The molecule has 1 aromatic rings. The van der Waals surface area contributed by atoms with E-state index in [-0.39, 0.29) is 13.0 Å². The lowest BCUT2D eigenvalue weighted by atomic mass is 9.94. The Labute approximate surface area is 120 Å². The first kappa shape index (κ1) is 14.8. The zero-order chi connectivity index (χ0) is 15.1. The highest BCUT2D eigenvalue weighted by molar-refractivity contribution is 9.10. The first-order chi connectivity index (χ1) is 9.20. The first-order valence-electron chi connectivity index (χ1n) is 5.58. The summed E-state index contributed by atoms with van der Waals surface area (Å²) in [4.78, 5) is 22.8. The SMILES string of the molecule is O=C(O)[C@@H]1Cc2ccc(Br)cc2CN1C(=O)C(F)(F)F. The number of carbonyl (C=O) groups excluding carboxylic acids is 1. The van der Waals surface area contributed by atoms with E-state index in [1.54, 1.807) is 18.2 Å². The van der Waals surface area contributed by atoms with Crippen LogP contribution in [-0.2, 0) is 22.6 Å². The Morgan fingerprint density at radius 3 is 2.50 bits per heavy atom. The number of halogens is 4. The zero-order valence-electron chi connectivity index (χ0n) is 9.95. The number of nitrogens with zero attached hydrogens (tertiary/aromatic N) is 1. The Morgan fingerprint density at radius 2 is 1.95 bits per heavy atom. The third-order valence-electron chi connectivity index (χ3n) is 3.09. The van der Waals surface area contributed by atoms with E-state index < -0.39 is 24.1 Å². The lowest BCUT2D eigenvalue weighted by Gasteiger charge is -2.34. The van der Waals surface area contributed by atoms with Gasteiger partial charge in [-0.2, -0.15) is 13.2 Å². The molecule has 0 saturated carbocycles. The number of alkyl halides is 3. The molecular formula is C12H9BrF3NO3. The first-order valence-corrected chi connectivity index (χ1v) is 6.37. The number of rotatable bonds is 1. The predicted molar refractivity (Wildman–Crippen MR) is 65.9 cm³/mol. The van der Waals surface area contributed by atoms with Gasteiger partial charge in [0, 0.05) is 17.4 Å². The van der Waals surface area contributed by atoms with Gasteiger partial charge in [0.25, 0.3) is 0 Å². The summed E-state index contributed by atoms with van der Waals surface area (Å²) < 4.78 is 38.3. The molecule has 108 valence electrons. The fraction of sp³-hybridized carbons (Fsp3) is 0.333. The highest BCUT2D eigenvalue weighted by Crippen LogP contribution is 2.30. The Bertz CT molecular complexity index is 574. The molecule has 1 aliphatic rings. The minimum absolute atomic E-state index is 0.139. The molecular weight excluding hydrogens is 343 g/mol. The van der Waals surface area contributed by atoms with Crippen molar-refractivity contribution in [2.45, 2.75) is 25.2 Å². The molecule has 1 aromatic carbocycles. The molecule has 1 atom stereocenters. The van der Waals surface area contributed by atoms with Gasteiger partial charge in [-0.05, 0) is 23.3 Å². The number of benzene rings is 1. The second-order valence-electron chi connectivity index (χ2n) is 4.40. The monoisotopic (exact) mass is 351 g/mol. The molecule has 4 nitrogen and oxygen atoms in total. The van der Waals surface area contributed by atoms with Gasteiger partial charge in [-0.3, -0.25) is 4.79 Å². The third kappa shape index (κ3) is 2.79. The van der Waals surface area contributed by atoms with Crippen LogP contribution >= 0.6 is 15.9 Å². The van der Waals surface area contributed by atoms with Crippen LogP contribution in [-0.4, -0.2) is 34.1 Å². The molecule has 20 heavy (non-hydrogen) atoms. The van der Waals surface area contributed by atoms with Crippen LogP contribution in [0.15, 0.2) is 22.7 Å². The number of hydrogen-bond donors (Lipinski definition) is 1. The lowest BCUT2D eigenvalue weighted by molar-refractivity contribution is -0.191. The van der Waals surface area contributed by atoms with Crippen molar-refractivity contribution in [2.75, 3.05) is 0 Å². The zero-order valence-corrected chi connectivity index (χ0v) is 11.5. The van der Waals surface area contributed by atoms with E-state index >= 15 is 0 Å². The number of fused-ring (bicyclic) bond motifs is 1. The minimum atomic E-state index is -5.09. The van der Waals surface area contributed by atoms with Crippen LogP contribution in [0.1, 0.15) is 11.1 Å². The topological polar surface area (TPSA) is 57.6 Å². The summed E-state index contributed by atoms with van der Waals surface area (Å²) in [5.41, 5.74) is 1.14. The Balaban J connectivity index is 2.40. The summed E-state index contributed by atoms with van der Waals surface area (Å²) in [5, 5.41) is 9.03. The molecule has 8 heteroatoms. The molecule has 0 aromatic heterocycles. The van der Waals surface area contributed by atoms with Crippen molar-refractivity contribution in [1.29, 1.82) is 0 Å². The number of amides is 1. The van der Waals surface area contributed by atoms with E-state index in [0.717, 1.165) is 0 Å². The van der Waals surface area contributed by atoms with E-state index in [4.69, 9.17) is 5.11 Å². The van der Waals surface area contributed by atoms with E-state index in [9.17, 15) is 22.8 Å². The number of carboxylic acid groups (broad SMARTS) is 1. The van der Waals surface area contributed by atoms with Crippen LogP contribution in [0.5, 0.6) is 0 Å². The highest BCUT2D eigenvalue weighted by atomic mass is 79.9. The molecule has 1 aliphatic heterocycles. The summed E-state index contributed by atoms with van der Waals surface area (Å²) in [6, 6.07) is 3.41. The van der Waals surface area contributed by atoms with Gasteiger partial charge in [-0.25, -0.2) is 4.79 Å². The van der Waals surface area contributed by atoms with E-state index in [2.05, 4.69) is 15.9 Å². The fourth-order valence-corrected chi connectivity index (χ4v) is 2.56. The van der Waals surface area contributed by atoms with Gasteiger partial charge >= 0.3 is 18.1 Å². The summed E-state index contributed by atoms with van der Waals surface area (Å²) in [6.45, 7) is -0.371. The fourth-order valence-electron chi connectivity index (χ4n) is 2.15. The maximum atomic E-state index is 12.5. The second kappa shape index (κ2) is 5.08. The van der Waals surface area contributed by atoms with Gasteiger partial charge in [-0.1, -0.05) is 22.0 Å². The van der Waals surface area contributed by atoms with Crippen LogP contribution in [0.25, 0.3) is 0 Å². The van der Waals surface area contributed by atoms with Crippen molar-refractivity contribution >= 4 is 27.8 Å². The maximum Gasteiger partial charge on any atom is 0.471 e. The number of carboxylic acids is 1. The largest absolute Gasteiger partial charge is 0.480 e. The quantitative estimate of drug-likeness (QED) is 0.844. The average molecular weight is 352 g/mol. The van der Waals surface area contributed by atoms with Crippen molar-refractivity contribution in [1.82, 2.24) is 4.90 Å². The van der Waals surface area contributed by atoms with Gasteiger partial charge in [0.15, 0.2) is 0 Å². The molecule has 0 bridgehead atoms. The lowest BCUT2D eigenvalue weighted by Crippen LogP contribution is -2.52. The van der Waals surface area contributed by atoms with Gasteiger partial charge in [0.2, 0.25) is 0 Å². The summed E-state index contributed by atoms with van der Waals surface area (Å²) in [5.74, 6) is -3.58. The summed E-state index contributed by atoms with van der Waals surface area (Å²) in [6.07, 6.45) is -5.23. The number of hydrogen-bond acceptors (Lipinski definition) is 2. The number of carbonyl (C=O) groups is 2. The predicted octanol–water partition coefficient (Wildman–Crippen LogP) is 2.35. The van der Waals surface area contributed by atoms with Crippen LogP contribution in [0.3, 0.4) is 0 Å². The Morgan fingerprint density at radius 1 is 1.30 bits per heavy atom. The molecule has 0 fully saturated rings. The molecule has 0 radical (unpaired) electrons. The molecule has 2 rings (SSSR count). The molecule has 0 saturated heterocycles. The highest BCUT2D eigenvalue weighted by Gasteiger charge is 2.47. The average Bonchev–Trinajstić information content (AvgIpc) is 2.34. The Kier molecular flexibility index (Phi) is 3.77. The van der Waals surface area contributed by atoms with Crippen molar-refractivity contribution in [3.05, 3.63) is 33.8 Å². The van der Waals surface area contributed by atoms with Crippen molar-refractivity contribution in [3.8, 4) is 0 Å². The number of aliphatic carboxylic acids is 1. The normalized spacial score (nSPS) is 18.6.